The van der Waals surface area contributed by atoms with Crippen molar-refractivity contribution in [3.63, 3.8) is 0 Å². The summed E-state index contributed by atoms with van der Waals surface area (Å²) in [5, 5.41) is 9.20. The maximum atomic E-state index is 9.20. The molecule has 1 aliphatic rings. The minimum Gasteiger partial charge on any atom is -0.395 e. The van der Waals surface area contributed by atoms with E-state index in [0.717, 1.165) is 32.1 Å². The van der Waals surface area contributed by atoms with Crippen molar-refractivity contribution < 1.29 is 5.11 Å². The molecule has 1 fully saturated rings. The van der Waals surface area contributed by atoms with E-state index in [2.05, 4.69) is 19.8 Å². The number of hydrogen-bond acceptors (Lipinski definition) is 6. The van der Waals surface area contributed by atoms with Crippen LogP contribution < -0.4 is 10.6 Å². The Balaban J connectivity index is 1.90. The van der Waals surface area contributed by atoms with E-state index in [0.29, 0.717) is 6.54 Å². The molecule has 3 N–H and O–H groups in total. The van der Waals surface area contributed by atoms with Crippen molar-refractivity contribution in [1.82, 2.24) is 14.9 Å². The monoisotopic (exact) mass is 237 g/mol. The lowest BCUT2D eigenvalue weighted by Gasteiger charge is -2.38. The van der Waals surface area contributed by atoms with Crippen molar-refractivity contribution >= 4 is 5.95 Å². The van der Waals surface area contributed by atoms with Crippen LogP contribution in [0.3, 0.4) is 0 Å². The van der Waals surface area contributed by atoms with E-state index in [9.17, 15) is 5.11 Å². The average Bonchev–Trinajstić information content (AvgIpc) is 2.42. The normalized spacial score (nSPS) is 19.3. The van der Waals surface area contributed by atoms with Gasteiger partial charge in [0.05, 0.1) is 6.61 Å². The largest absolute Gasteiger partial charge is 0.395 e. The molecular formula is C11H19N5O. The van der Waals surface area contributed by atoms with Crippen LogP contribution in [0.5, 0.6) is 0 Å². The molecule has 6 heteroatoms. The molecule has 94 valence electrons. The molecule has 0 aromatic carbocycles. The van der Waals surface area contributed by atoms with E-state index in [1.54, 1.807) is 12.4 Å². The van der Waals surface area contributed by atoms with Crippen molar-refractivity contribution in [2.24, 2.45) is 5.73 Å². The van der Waals surface area contributed by atoms with Crippen LogP contribution in [0.4, 0.5) is 5.95 Å². The topological polar surface area (TPSA) is 78.5 Å². The molecule has 17 heavy (non-hydrogen) atoms. The van der Waals surface area contributed by atoms with Crippen LogP contribution in [0.15, 0.2) is 18.5 Å². The van der Waals surface area contributed by atoms with Gasteiger partial charge in [0, 0.05) is 51.2 Å². The molecule has 1 atom stereocenters. The fourth-order valence-corrected chi connectivity index (χ4v) is 2.08. The van der Waals surface area contributed by atoms with Crippen LogP contribution in [0.25, 0.3) is 0 Å². The highest BCUT2D eigenvalue weighted by molar-refractivity contribution is 5.29. The van der Waals surface area contributed by atoms with Gasteiger partial charge in [-0.25, -0.2) is 9.97 Å². The second kappa shape index (κ2) is 5.90. The number of anilines is 1. The smallest absolute Gasteiger partial charge is 0.225 e. The van der Waals surface area contributed by atoms with Gasteiger partial charge in [0.25, 0.3) is 0 Å². The van der Waals surface area contributed by atoms with Crippen LogP contribution in [-0.2, 0) is 0 Å². The molecule has 1 aliphatic heterocycles. The number of nitrogens with two attached hydrogens (primary N) is 1. The van der Waals surface area contributed by atoms with Gasteiger partial charge in [-0.1, -0.05) is 0 Å². The van der Waals surface area contributed by atoms with Gasteiger partial charge in [-0.2, -0.15) is 0 Å². The first-order valence-corrected chi connectivity index (χ1v) is 5.92. The Morgan fingerprint density at radius 2 is 1.88 bits per heavy atom. The minimum atomic E-state index is 0.0776. The van der Waals surface area contributed by atoms with Gasteiger partial charge in [-0.05, 0) is 6.07 Å². The fourth-order valence-electron chi connectivity index (χ4n) is 2.08. The van der Waals surface area contributed by atoms with E-state index in [-0.39, 0.29) is 12.6 Å². The SMILES string of the molecule is NCC(CO)N1CCN(c2ncccn2)CC1. The summed E-state index contributed by atoms with van der Waals surface area (Å²) in [4.78, 5) is 12.8. The number of hydrogen-bond donors (Lipinski definition) is 2. The van der Waals surface area contributed by atoms with Crippen LogP contribution in [0.2, 0.25) is 0 Å². The maximum absolute atomic E-state index is 9.20. The lowest BCUT2D eigenvalue weighted by Crippen LogP contribution is -2.53. The lowest BCUT2D eigenvalue weighted by molar-refractivity contribution is 0.121. The summed E-state index contributed by atoms with van der Waals surface area (Å²) >= 11 is 0. The molecule has 1 aromatic rings. The Morgan fingerprint density at radius 3 is 2.41 bits per heavy atom. The highest BCUT2D eigenvalue weighted by atomic mass is 16.3. The first-order chi connectivity index (χ1) is 8.35. The molecule has 1 aromatic heterocycles. The van der Waals surface area contributed by atoms with Crippen molar-refractivity contribution in [3.8, 4) is 0 Å². The van der Waals surface area contributed by atoms with Gasteiger partial charge in [0.2, 0.25) is 5.95 Å². The molecule has 1 saturated heterocycles. The lowest BCUT2D eigenvalue weighted by atomic mass is 10.2. The number of rotatable bonds is 4. The molecule has 6 nitrogen and oxygen atoms in total. The van der Waals surface area contributed by atoms with Crippen molar-refractivity contribution in [3.05, 3.63) is 18.5 Å². The highest BCUT2D eigenvalue weighted by Crippen LogP contribution is 2.11. The van der Waals surface area contributed by atoms with Gasteiger partial charge in [0.1, 0.15) is 0 Å². The summed E-state index contributed by atoms with van der Waals surface area (Å²) in [6.45, 7) is 4.15. The summed E-state index contributed by atoms with van der Waals surface area (Å²) in [6.07, 6.45) is 3.51. The van der Waals surface area contributed by atoms with Crippen molar-refractivity contribution in [2.75, 3.05) is 44.2 Å². The predicted octanol–water partition coefficient (Wildman–Crippen LogP) is -1.08. The minimum absolute atomic E-state index is 0.0776. The third kappa shape index (κ3) is 2.91. The highest BCUT2D eigenvalue weighted by Gasteiger charge is 2.23. The van der Waals surface area contributed by atoms with Crippen LogP contribution in [0, 0.1) is 0 Å². The van der Waals surface area contributed by atoms with Gasteiger partial charge in [-0.15, -0.1) is 0 Å². The third-order valence-electron chi connectivity index (χ3n) is 3.15. The first kappa shape index (κ1) is 12.2. The maximum Gasteiger partial charge on any atom is 0.225 e. The summed E-state index contributed by atoms with van der Waals surface area (Å²) in [5.41, 5.74) is 5.62. The van der Waals surface area contributed by atoms with Crippen LogP contribution in [-0.4, -0.2) is 65.3 Å². The number of aliphatic hydroxyl groups is 1. The second-order valence-corrected chi connectivity index (χ2v) is 4.14. The molecule has 1 unspecified atom stereocenters. The quantitative estimate of drug-likeness (QED) is 0.693. The van der Waals surface area contributed by atoms with Gasteiger partial charge in [-0.3, -0.25) is 4.90 Å². The van der Waals surface area contributed by atoms with Gasteiger partial charge in [0.15, 0.2) is 0 Å². The third-order valence-corrected chi connectivity index (χ3v) is 3.15. The molecule has 0 amide bonds. The van der Waals surface area contributed by atoms with E-state index in [1.807, 2.05) is 6.07 Å². The van der Waals surface area contributed by atoms with Crippen LogP contribution in [0.1, 0.15) is 0 Å². The molecule has 0 radical (unpaired) electrons. The molecular weight excluding hydrogens is 218 g/mol. The predicted molar refractivity (Wildman–Crippen MR) is 65.7 cm³/mol. The molecule has 0 aliphatic carbocycles. The zero-order valence-corrected chi connectivity index (χ0v) is 9.87. The Hall–Kier alpha value is -1.24. The number of aliphatic hydroxyl groups excluding tert-OH is 1. The Kier molecular flexibility index (Phi) is 4.24. The first-order valence-electron chi connectivity index (χ1n) is 5.92. The van der Waals surface area contributed by atoms with Crippen molar-refractivity contribution in [1.29, 1.82) is 0 Å². The summed E-state index contributed by atoms with van der Waals surface area (Å²) in [6, 6.07) is 1.89. The van der Waals surface area contributed by atoms with E-state index < -0.39 is 0 Å². The second-order valence-electron chi connectivity index (χ2n) is 4.14. The zero-order valence-electron chi connectivity index (χ0n) is 9.87. The molecule has 2 rings (SSSR count). The molecule has 0 bridgehead atoms. The van der Waals surface area contributed by atoms with Crippen LogP contribution >= 0.6 is 0 Å². The number of piperazine rings is 1. The molecule has 0 spiro atoms. The van der Waals surface area contributed by atoms with Gasteiger partial charge < -0.3 is 15.7 Å². The standard InChI is InChI=1S/C11H19N5O/c12-8-10(9-17)15-4-6-16(7-5-15)11-13-2-1-3-14-11/h1-3,10,17H,4-9,12H2. The Morgan fingerprint density at radius 1 is 1.24 bits per heavy atom. The fraction of sp³-hybridized carbons (Fsp3) is 0.636. The summed E-state index contributed by atoms with van der Waals surface area (Å²) < 4.78 is 0. The number of nitrogens with zero attached hydrogens (tertiary/aromatic N) is 4. The molecule has 0 saturated carbocycles. The van der Waals surface area contributed by atoms with Crippen molar-refractivity contribution in [2.45, 2.75) is 6.04 Å². The average molecular weight is 237 g/mol. The Bertz CT molecular complexity index is 322. The summed E-state index contributed by atoms with van der Waals surface area (Å²) in [5.74, 6) is 0.778. The van der Waals surface area contributed by atoms with E-state index >= 15 is 0 Å². The van der Waals surface area contributed by atoms with E-state index in [4.69, 9.17) is 5.73 Å². The van der Waals surface area contributed by atoms with E-state index in [1.165, 1.54) is 0 Å². The number of aromatic nitrogens is 2. The van der Waals surface area contributed by atoms with Gasteiger partial charge >= 0.3 is 0 Å². The Labute approximate surface area is 101 Å². The molecule has 2 heterocycles. The zero-order chi connectivity index (χ0) is 12.1. The summed E-state index contributed by atoms with van der Waals surface area (Å²) in [7, 11) is 0.